The summed E-state index contributed by atoms with van der Waals surface area (Å²) in [5, 5.41) is 7.69. The maximum absolute atomic E-state index is 7.69. The minimum absolute atomic E-state index is 0.120. The Morgan fingerprint density at radius 3 is 2.30 bits per heavy atom. The lowest BCUT2D eigenvalue weighted by Gasteiger charge is -2.12. The molecule has 0 amide bonds. The number of hydrogen-bond donors (Lipinski definition) is 2. The Kier molecular flexibility index (Phi) is 4.50. The fraction of sp³-hybridized carbons (Fsp3) is 0.235. The van der Waals surface area contributed by atoms with Crippen molar-refractivity contribution in [1.29, 1.82) is 5.41 Å². The molecule has 0 fully saturated rings. The number of hydrogen-bond acceptors (Lipinski definition) is 2. The van der Waals surface area contributed by atoms with Crippen molar-refractivity contribution in [2.75, 3.05) is 0 Å². The maximum atomic E-state index is 7.69. The minimum atomic E-state index is 0.120. The van der Waals surface area contributed by atoms with E-state index in [4.69, 9.17) is 11.1 Å². The Morgan fingerprint density at radius 1 is 1.10 bits per heavy atom. The normalized spacial score (nSPS) is 10.8. The molecule has 2 nitrogen and oxygen atoms in total. The smallest absolute Gasteiger partial charge is 0.123 e. The number of nitrogens with two attached hydrogens (primary N) is 1. The highest BCUT2D eigenvalue weighted by Crippen LogP contribution is 2.33. The van der Waals surface area contributed by atoms with Crippen LogP contribution in [0.1, 0.15) is 36.5 Å². The largest absolute Gasteiger partial charge is 0.384 e. The molecule has 0 radical (unpaired) electrons. The minimum Gasteiger partial charge on any atom is -0.384 e. The third-order valence-corrected chi connectivity index (χ3v) is 4.52. The first kappa shape index (κ1) is 14.7. The van der Waals surface area contributed by atoms with Crippen LogP contribution in [0.2, 0.25) is 0 Å². The lowest BCUT2D eigenvalue weighted by atomic mass is 10.0. The van der Waals surface area contributed by atoms with Crippen molar-refractivity contribution in [3.8, 4) is 0 Å². The van der Waals surface area contributed by atoms with Gasteiger partial charge in [-0.3, -0.25) is 5.41 Å². The molecular weight excluding hydrogens is 264 g/mol. The zero-order valence-corrected chi connectivity index (χ0v) is 12.9. The van der Waals surface area contributed by atoms with Gasteiger partial charge in [-0.05, 0) is 36.1 Å². The molecule has 0 atom stereocenters. The van der Waals surface area contributed by atoms with Crippen LogP contribution >= 0.6 is 11.8 Å². The first-order chi connectivity index (χ1) is 9.49. The second-order valence-electron chi connectivity index (χ2n) is 5.19. The molecule has 0 heterocycles. The van der Waals surface area contributed by atoms with Crippen molar-refractivity contribution in [2.24, 2.45) is 5.73 Å². The Bertz CT molecular complexity index is 615. The van der Waals surface area contributed by atoms with Crippen molar-refractivity contribution in [3.63, 3.8) is 0 Å². The molecule has 0 saturated carbocycles. The summed E-state index contributed by atoms with van der Waals surface area (Å²) in [6.45, 7) is 6.44. The topological polar surface area (TPSA) is 49.9 Å². The first-order valence-electron chi connectivity index (χ1n) is 6.71. The van der Waals surface area contributed by atoms with E-state index in [1.807, 2.05) is 12.1 Å². The number of aryl methyl sites for hydroxylation is 1. The van der Waals surface area contributed by atoms with E-state index in [-0.39, 0.29) is 5.84 Å². The molecule has 0 aliphatic carbocycles. The van der Waals surface area contributed by atoms with Gasteiger partial charge in [-0.2, -0.15) is 0 Å². The average molecular weight is 284 g/mol. The van der Waals surface area contributed by atoms with E-state index in [1.165, 1.54) is 10.5 Å². The van der Waals surface area contributed by atoms with Crippen molar-refractivity contribution in [1.82, 2.24) is 0 Å². The second kappa shape index (κ2) is 6.14. The van der Waals surface area contributed by atoms with Gasteiger partial charge in [0.05, 0.1) is 0 Å². The van der Waals surface area contributed by atoms with Gasteiger partial charge in [0.25, 0.3) is 0 Å². The van der Waals surface area contributed by atoms with Crippen LogP contribution in [-0.4, -0.2) is 5.84 Å². The summed E-state index contributed by atoms with van der Waals surface area (Å²) in [6, 6.07) is 14.5. The molecule has 104 valence electrons. The van der Waals surface area contributed by atoms with Gasteiger partial charge in [0.2, 0.25) is 0 Å². The lowest BCUT2D eigenvalue weighted by molar-refractivity contribution is 0.865. The van der Waals surface area contributed by atoms with E-state index < -0.39 is 0 Å². The number of benzene rings is 2. The molecule has 0 aromatic heterocycles. The number of nitrogen functional groups attached to an aromatic ring is 1. The van der Waals surface area contributed by atoms with E-state index in [2.05, 4.69) is 51.1 Å². The molecule has 0 aliphatic rings. The highest BCUT2D eigenvalue weighted by atomic mass is 32.2. The number of nitrogens with one attached hydrogen (secondary N) is 1. The summed E-state index contributed by atoms with van der Waals surface area (Å²) < 4.78 is 0. The average Bonchev–Trinajstić information content (AvgIpc) is 2.41. The quantitative estimate of drug-likeness (QED) is 0.639. The van der Waals surface area contributed by atoms with Crippen LogP contribution in [0.15, 0.2) is 52.3 Å². The maximum Gasteiger partial charge on any atom is 0.123 e. The number of amidine groups is 1. The van der Waals surface area contributed by atoms with Crippen LogP contribution in [0.4, 0.5) is 0 Å². The van der Waals surface area contributed by atoms with Gasteiger partial charge in [0.1, 0.15) is 5.84 Å². The lowest BCUT2D eigenvalue weighted by Crippen LogP contribution is -2.12. The molecule has 2 rings (SSSR count). The Balaban J connectivity index is 2.32. The predicted molar refractivity (Wildman–Crippen MR) is 86.8 cm³/mol. The molecule has 0 spiro atoms. The van der Waals surface area contributed by atoms with E-state index in [9.17, 15) is 0 Å². The SMILES string of the molecule is Cc1cccc(C(=N)N)c1Sc1ccc(C(C)C)cc1. The van der Waals surface area contributed by atoms with E-state index in [0.717, 1.165) is 16.0 Å². The van der Waals surface area contributed by atoms with Crippen LogP contribution in [0, 0.1) is 12.3 Å². The van der Waals surface area contributed by atoms with Gasteiger partial charge in [-0.25, -0.2) is 0 Å². The molecule has 3 N–H and O–H groups in total. The third kappa shape index (κ3) is 3.23. The molecule has 2 aromatic carbocycles. The predicted octanol–water partition coefficient (Wildman–Crippen LogP) is 4.55. The van der Waals surface area contributed by atoms with Crippen molar-refractivity contribution < 1.29 is 0 Å². The Hall–Kier alpha value is -1.74. The Labute approximate surface area is 124 Å². The summed E-state index contributed by atoms with van der Waals surface area (Å²) >= 11 is 1.67. The molecule has 0 saturated heterocycles. The van der Waals surface area contributed by atoms with Gasteiger partial charge in [0, 0.05) is 15.4 Å². The van der Waals surface area contributed by atoms with Crippen LogP contribution in [-0.2, 0) is 0 Å². The second-order valence-corrected chi connectivity index (χ2v) is 6.27. The molecule has 0 aliphatic heterocycles. The van der Waals surface area contributed by atoms with Crippen LogP contribution in [0.25, 0.3) is 0 Å². The van der Waals surface area contributed by atoms with E-state index in [1.54, 1.807) is 11.8 Å². The summed E-state index contributed by atoms with van der Waals surface area (Å²) in [5.74, 6) is 0.662. The molecule has 3 heteroatoms. The van der Waals surface area contributed by atoms with Crippen molar-refractivity contribution >= 4 is 17.6 Å². The summed E-state index contributed by atoms with van der Waals surface area (Å²) in [5.41, 5.74) is 8.97. The van der Waals surface area contributed by atoms with Gasteiger partial charge in [0.15, 0.2) is 0 Å². The standard InChI is InChI=1S/C17H20N2S/c1-11(2)13-7-9-14(10-8-13)20-16-12(3)5-4-6-15(16)17(18)19/h4-11H,1-3H3,(H3,18,19). The zero-order chi connectivity index (χ0) is 14.7. The van der Waals surface area contributed by atoms with Gasteiger partial charge < -0.3 is 5.73 Å². The fourth-order valence-corrected chi connectivity index (χ4v) is 3.06. The van der Waals surface area contributed by atoms with E-state index >= 15 is 0 Å². The summed E-state index contributed by atoms with van der Waals surface area (Å²) in [4.78, 5) is 2.24. The third-order valence-electron chi connectivity index (χ3n) is 3.27. The Morgan fingerprint density at radius 2 is 1.75 bits per heavy atom. The molecule has 20 heavy (non-hydrogen) atoms. The van der Waals surface area contributed by atoms with Crippen molar-refractivity contribution in [2.45, 2.75) is 36.5 Å². The van der Waals surface area contributed by atoms with Crippen molar-refractivity contribution in [3.05, 3.63) is 59.2 Å². The first-order valence-corrected chi connectivity index (χ1v) is 7.52. The molecular formula is C17H20N2S. The van der Waals surface area contributed by atoms with Gasteiger partial charge >= 0.3 is 0 Å². The monoisotopic (exact) mass is 284 g/mol. The fourth-order valence-electron chi connectivity index (χ4n) is 2.04. The van der Waals surface area contributed by atoms with Crippen LogP contribution in [0.5, 0.6) is 0 Å². The zero-order valence-electron chi connectivity index (χ0n) is 12.1. The van der Waals surface area contributed by atoms with Crippen LogP contribution < -0.4 is 5.73 Å². The van der Waals surface area contributed by atoms with E-state index in [0.29, 0.717) is 5.92 Å². The molecule has 0 bridgehead atoms. The highest BCUT2D eigenvalue weighted by molar-refractivity contribution is 7.99. The van der Waals surface area contributed by atoms with Gasteiger partial charge in [-0.1, -0.05) is 55.9 Å². The molecule has 2 aromatic rings. The highest BCUT2D eigenvalue weighted by Gasteiger charge is 2.10. The summed E-state index contributed by atoms with van der Waals surface area (Å²) in [7, 11) is 0. The number of rotatable bonds is 4. The van der Waals surface area contributed by atoms with Crippen LogP contribution in [0.3, 0.4) is 0 Å². The van der Waals surface area contributed by atoms with Gasteiger partial charge in [-0.15, -0.1) is 0 Å². The molecule has 0 unspecified atom stereocenters. The summed E-state index contributed by atoms with van der Waals surface area (Å²) in [6.07, 6.45) is 0.